The molecule has 0 heterocycles. The summed E-state index contributed by atoms with van der Waals surface area (Å²) in [5.74, 6) is 3.90. The first kappa shape index (κ1) is 9.08. The van der Waals surface area contributed by atoms with Gasteiger partial charge >= 0.3 is 0 Å². The summed E-state index contributed by atoms with van der Waals surface area (Å²) < 4.78 is 0. The lowest BCUT2D eigenvalue weighted by molar-refractivity contribution is -0.116. The van der Waals surface area contributed by atoms with Crippen LogP contribution in [-0.4, -0.2) is 11.9 Å². The first-order valence-corrected chi connectivity index (χ1v) is 5.51. The second-order valence-corrected chi connectivity index (χ2v) is 4.37. The van der Waals surface area contributed by atoms with Crippen molar-refractivity contribution in [3.8, 4) is 10.8 Å². The summed E-state index contributed by atoms with van der Waals surface area (Å²) in [6.07, 6.45) is 5.13. The molecule has 3 atom stereocenters. The van der Waals surface area contributed by atoms with E-state index in [4.69, 9.17) is 0 Å². The number of nitrogens with one attached hydrogen (secondary N) is 1. The highest BCUT2D eigenvalue weighted by atomic mass is 79.9. The van der Waals surface area contributed by atoms with E-state index in [1.54, 1.807) is 0 Å². The number of fused-ring (bicyclic) bond motifs is 2. The van der Waals surface area contributed by atoms with E-state index in [0.717, 1.165) is 11.8 Å². The molecule has 0 aromatic rings. The molecule has 3 unspecified atom stereocenters. The van der Waals surface area contributed by atoms with Gasteiger partial charge in [-0.1, -0.05) is 6.42 Å². The Morgan fingerprint density at radius 1 is 1.38 bits per heavy atom. The molecule has 2 fully saturated rings. The van der Waals surface area contributed by atoms with Gasteiger partial charge in [0.25, 0.3) is 5.91 Å². The zero-order chi connectivity index (χ0) is 9.26. The highest BCUT2D eigenvalue weighted by Crippen LogP contribution is 2.44. The first-order valence-electron chi connectivity index (χ1n) is 4.71. The van der Waals surface area contributed by atoms with Crippen LogP contribution in [0, 0.1) is 22.6 Å². The molecule has 0 radical (unpaired) electrons. The van der Waals surface area contributed by atoms with Gasteiger partial charge in [-0.15, -0.1) is 0 Å². The van der Waals surface area contributed by atoms with Crippen LogP contribution in [-0.2, 0) is 4.79 Å². The third-order valence-corrected chi connectivity index (χ3v) is 3.41. The molecule has 2 aliphatic rings. The fourth-order valence-corrected chi connectivity index (χ4v) is 2.85. The molecule has 0 aromatic carbocycles. The van der Waals surface area contributed by atoms with Crippen LogP contribution in [0.4, 0.5) is 0 Å². The molecular formula is C10H12BrNO. The lowest BCUT2D eigenvalue weighted by Gasteiger charge is -2.21. The zero-order valence-corrected chi connectivity index (χ0v) is 8.93. The van der Waals surface area contributed by atoms with Crippen LogP contribution in [0.5, 0.6) is 0 Å². The normalized spacial score (nSPS) is 35.3. The van der Waals surface area contributed by atoms with Crippen molar-refractivity contribution in [1.29, 1.82) is 0 Å². The third kappa shape index (κ3) is 1.88. The van der Waals surface area contributed by atoms with Crippen LogP contribution in [0.15, 0.2) is 0 Å². The molecule has 2 aliphatic carbocycles. The summed E-state index contributed by atoms with van der Waals surface area (Å²) in [5, 5.41) is 2.97. The molecule has 70 valence electrons. The second-order valence-electron chi connectivity index (χ2n) is 3.97. The maximum atomic E-state index is 11.2. The standard InChI is InChI=1S/C10H12BrNO/c11-4-3-10(13)12-9-6-7-1-2-8(9)5-7/h7-9H,1-2,5-6H2,(H,12,13). The van der Waals surface area contributed by atoms with Gasteiger partial charge < -0.3 is 5.32 Å². The maximum Gasteiger partial charge on any atom is 0.296 e. The average molecular weight is 242 g/mol. The predicted molar refractivity (Wildman–Crippen MR) is 54.1 cm³/mol. The summed E-state index contributed by atoms with van der Waals surface area (Å²) >= 11 is 2.92. The largest absolute Gasteiger partial charge is 0.342 e. The molecule has 2 nitrogen and oxygen atoms in total. The summed E-state index contributed by atoms with van der Waals surface area (Å²) in [6.45, 7) is 0. The van der Waals surface area contributed by atoms with Gasteiger partial charge in [0.2, 0.25) is 0 Å². The molecule has 2 rings (SSSR count). The van der Waals surface area contributed by atoms with Crippen LogP contribution in [0.25, 0.3) is 0 Å². The minimum Gasteiger partial charge on any atom is -0.342 e. The van der Waals surface area contributed by atoms with Crippen LogP contribution < -0.4 is 5.32 Å². The molecule has 0 spiro atoms. The number of rotatable bonds is 1. The Kier molecular flexibility index (Phi) is 2.59. The summed E-state index contributed by atoms with van der Waals surface area (Å²) in [6, 6.07) is 0.402. The Bertz CT molecular complexity index is 278. The van der Waals surface area contributed by atoms with Crippen molar-refractivity contribution in [2.24, 2.45) is 11.8 Å². The summed E-state index contributed by atoms with van der Waals surface area (Å²) in [4.78, 5) is 13.6. The van der Waals surface area contributed by atoms with Crippen LogP contribution in [0.3, 0.4) is 0 Å². The molecule has 2 bridgehead atoms. The van der Waals surface area contributed by atoms with Gasteiger partial charge in [0.15, 0.2) is 0 Å². The highest BCUT2D eigenvalue weighted by molar-refractivity contribution is 9.12. The fraction of sp³-hybridized carbons (Fsp3) is 0.700. The van der Waals surface area contributed by atoms with Crippen molar-refractivity contribution in [2.45, 2.75) is 31.7 Å². The van der Waals surface area contributed by atoms with E-state index < -0.39 is 0 Å². The van der Waals surface area contributed by atoms with E-state index in [-0.39, 0.29) is 5.91 Å². The lowest BCUT2D eigenvalue weighted by Crippen LogP contribution is -2.37. The lowest BCUT2D eigenvalue weighted by atomic mass is 9.95. The van der Waals surface area contributed by atoms with E-state index in [0.29, 0.717) is 6.04 Å². The number of carbonyl (C=O) groups excluding carboxylic acids is 1. The van der Waals surface area contributed by atoms with E-state index >= 15 is 0 Å². The van der Waals surface area contributed by atoms with Gasteiger partial charge in [0.1, 0.15) is 0 Å². The van der Waals surface area contributed by atoms with Gasteiger partial charge in [-0.2, -0.15) is 0 Å². The molecule has 0 saturated heterocycles. The van der Waals surface area contributed by atoms with Gasteiger partial charge in [-0.25, -0.2) is 0 Å². The van der Waals surface area contributed by atoms with Crippen molar-refractivity contribution in [3.05, 3.63) is 0 Å². The van der Waals surface area contributed by atoms with Crippen LogP contribution in [0.2, 0.25) is 0 Å². The molecular weight excluding hydrogens is 230 g/mol. The molecule has 3 heteroatoms. The van der Waals surface area contributed by atoms with Crippen molar-refractivity contribution in [3.63, 3.8) is 0 Å². The molecule has 1 N–H and O–H groups in total. The van der Waals surface area contributed by atoms with Crippen molar-refractivity contribution in [2.75, 3.05) is 0 Å². The van der Waals surface area contributed by atoms with Crippen molar-refractivity contribution in [1.82, 2.24) is 5.32 Å². The number of carbonyl (C=O) groups is 1. The maximum absolute atomic E-state index is 11.2. The highest BCUT2D eigenvalue weighted by Gasteiger charge is 2.39. The van der Waals surface area contributed by atoms with E-state index in [1.807, 2.05) is 0 Å². The monoisotopic (exact) mass is 241 g/mol. The topological polar surface area (TPSA) is 29.1 Å². The average Bonchev–Trinajstić information content (AvgIpc) is 2.65. The van der Waals surface area contributed by atoms with E-state index in [1.165, 1.54) is 25.7 Å². The SMILES string of the molecule is O=C(C#CBr)NC1CC2CCC1C2. The van der Waals surface area contributed by atoms with Gasteiger partial charge in [-0.3, -0.25) is 4.79 Å². The number of amides is 1. The summed E-state index contributed by atoms with van der Waals surface area (Å²) in [5.41, 5.74) is 0. The third-order valence-electron chi connectivity index (χ3n) is 3.22. The summed E-state index contributed by atoms with van der Waals surface area (Å²) in [7, 11) is 0. The molecule has 2 saturated carbocycles. The van der Waals surface area contributed by atoms with Gasteiger partial charge in [0, 0.05) is 27.9 Å². The minimum atomic E-state index is -0.144. The molecule has 0 aliphatic heterocycles. The van der Waals surface area contributed by atoms with Crippen LogP contribution >= 0.6 is 15.9 Å². The Labute approximate surface area is 86.6 Å². The number of hydrogen-bond donors (Lipinski definition) is 1. The molecule has 13 heavy (non-hydrogen) atoms. The van der Waals surface area contributed by atoms with Crippen molar-refractivity contribution >= 4 is 21.8 Å². The Hall–Kier alpha value is -0.490. The predicted octanol–water partition coefficient (Wildman–Crippen LogP) is 1.65. The molecule has 0 aromatic heterocycles. The first-order chi connectivity index (χ1) is 6.29. The quantitative estimate of drug-likeness (QED) is 0.696. The Morgan fingerprint density at radius 2 is 2.23 bits per heavy atom. The van der Waals surface area contributed by atoms with E-state index in [9.17, 15) is 4.79 Å². The Morgan fingerprint density at radius 3 is 2.77 bits per heavy atom. The second kappa shape index (κ2) is 3.71. The van der Waals surface area contributed by atoms with E-state index in [2.05, 4.69) is 32.0 Å². The smallest absolute Gasteiger partial charge is 0.296 e. The zero-order valence-electron chi connectivity index (χ0n) is 7.35. The van der Waals surface area contributed by atoms with Crippen LogP contribution in [0.1, 0.15) is 25.7 Å². The Balaban J connectivity index is 1.88. The minimum absolute atomic E-state index is 0.144. The molecule has 1 amide bonds. The van der Waals surface area contributed by atoms with Crippen molar-refractivity contribution < 1.29 is 4.79 Å². The van der Waals surface area contributed by atoms with Gasteiger partial charge in [-0.05, 0) is 35.9 Å². The fourth-order valence-electron chi connectivity index (χ4n) is 2.67. The van der Waals surface area contributed by atoms with Gasteiger partial charge in [0.05, 0.1) is 0 Å². The number of halogens is 1. The number of hydrogen-bond acceptors (Lipinski definition) is 1.